The van der Waals surface area contributed by atoms with Crippen LogP contribution >= 0.6 is 0 Å². The van der Waals surface area contributed by atoms with E-state index in [1.165, 1.54) is 11.1 Å². The molecule has 0 unspecified atom stereocenters. The van der Waals surface area contributed by atoms with Gasteiger partial charge in [-0.2, -0.15) is 0 Å². The van der Waals surface area contributed by atoms with Gasteiger partial charge in [-0.1, -0.05) is 19.9 Å². The smallest absolute Gasteiger partial charge is 0.319 e. The maximum Gasteiger partial charge on any atom is 0.319 e. The van der Waals surface area contributed by atoms with E-state index in [9.17, 15) is 4.79 Å². The Morgan fingerprint density at radius 1 is 1.20 bits per heavy atom. The monoisotopic (exact) mass is 280 g/mol. The van der Waals surface area contributed by atoms with Crippen molar-refractivity contribution in [2.45, 2.75) is 26.7 Å². The molecular formula is C15H24N2O3. The first-order valence-electron chi connectivity index (χ1n) is 7.06. The molecule has 0 aliphatic carbocycles. The minimum absolute atomic E-state index is 0.00420. The van der Waals surface area contributed by atoms with Crippen molar-refractivity contribution in [1.82, 2.24) is 5.32 Å². The molecule has 0 bridgehead atoms. The molecule has 1 rings (SSSR count). The number of urea groups is 1. The van der Waals surface area contributed by atoms with E-state index in [0.29, 0.717) is 19.8 Å². The molecule has 3 N–H and O–H groups in total. The zero-order valence-electron chi connectivity index (χ0n) is 12.2. The van der Waals surface area contributed by atoms with Crippen LogP contribution in [-0.4, -0.2) is 37.5 Å². The van der Waals surface area contributed by atoms with Crippen molar-refractivity contribution in [2.24, 2.45) is 0 Å². The number of aryl methyl sites for hydroxylation is 2. The summed E-state index contributed by atoms with van der Waals surface area (Å²) in [5.41, 5.74) is 3.38. The highest BCUT2D eigenvalue weighted by molar-refractivity contribution is 5.89. The summed E-state index contributed by atoms with van der Waals surface area (Å²) >= 11 is 0. The normalized spacial score (nSPS) is 10.3. The molecule has 5 nitrogen and oxygen atoms in total. The summed E-state index contributed by atoms with van der Waals surface area (Å²) in [7, 11) is 0. The summed E-state index contributed by atoms with van der Waals surface area (Å²) in [6.45, 7) is 5.33. The van der Waals surface area contributed by atoms with Gasteiger partial charge in [0.25, 0.3) is 0 Å². The van der Waals surface area contributed by atoms with Crippen molar-refractivity contribution >= 4 is 11.7 Å². The Morgan fingerprint density at radius 3 is 2.60 bits per heavy atom. The second kappa shape index (κ2) is 9.34. The Bertz CT molecular complexity index is 422. The molecular weight excluding hydrogens is 256 g/mol. The van der Waals surface area contributed by atoms with Crippen LogP contribution in [0.5, 0.6) is 0 Å². The van der Waals surface area contributed by atoms with Crippen molar-refractivity contribution in [2.75, 3.05) is 31.7 Å². The fourth-order valence-electron chi connectivity index (χ4n) is 1.96. The van der Waals surface area contributed by atoms with Crippen LogP contribution in [0.25, 0.3) is 0 Å². The predicted octanol–water partition coefficient (Wildman–Crippen LogP) is 1.94. The number of ether oxygens (including phenoxy) is 1. The maximum atomic E-state index is 11.7. The average Bonchev–Trinajstić information content (AvgIpc) is 2.46. The number of carbonyl (C=O) groups is 1. The van der Waals surface area contributed by atoms with Crippen LogP contribution in [-0.2, 0) is 17.6 Å². The number of rotatable bonds is 8. The summed E-state index contributed by atoms with van der Waals surface area (Å²) in [5, 5.41) is 14.0. The third-order valence-corrected chi connectivity index (χ3v) is 2.99. The van der Waals surface area contributed by atoms with Gasteiger partial charge < -0.3 is 20.5 Å². The highest BCUT2D eigenvalue weighted by Crippen LogP contribution is 2.17. The molecule has 112 valence electrons. The first-order chi connectivity index (χ1) is 9.71. The molecule has 0 spiro atoms. The van der Waals surface area contributed by atoms with Gasteiger partial charge in [-0.05, 0) is 36.1 Å². The summed E-state index contributed by atoms with van der Waals surface area (Å²) in [5.74, 6) is 0. The zero-order chi connectivity index (χ0) is 14.8. The topological polar surface area (TPSA) is 70.6 Å². The second-order valence-electron chi connectivity index (χ2n) is 4.41. The SMILES string of the molecule is CCc1ccc(NC(=O)NCCOCCO)cc1CC. The first kappa shape index (κ1) is 16.5. The van der Waals surface area contributed by atoms with Crippen LogP contribution in [0.15, 0.2) is 18.2 Å². The van der Waals surface area contributed by atoms with Gasteiger partial charge in [-0.15, -0.1) is 0 Å². The molecule has 0 fully saturated rings. The molecule has 2 amide bonds. The maximum absolute atomic E-state index is 11.7. The minimum Gasteiger partial charge on any atom is -0.394 e. The highest BCUT2D eigenvalue weighted by Gasteiger charge is 2.04. The number of aliphatic hydroxyl groups excluding tert-OH is 1. The van der Waals surface area contributed by atoms with Crippen LogP contribution in [0.1, 0.15) is 25.0 Å². The fraction of sp³-hybridized carbons (Fsp3) is 0.533. The van der Waals surface area contributed by atoms with E-state index in [4.69, 9.17) is 9.84 Å². The zero-order valence-corrected chi connectivity index (χ0v) is 12.2. The third-order valence-electron chi connectivity index (χ3n) is 2.99. The molecule has 0 aliphatic heterocycles. The molecule has 0 saturated heterocycles. The predicted molar refractivity (Wildman–Crippen MR) is 80.1 cm³/mol. The Labute approximate surface area is 120 Å². The number of anilines is 1. The van der Waals surface area contributed by atoms with Gasteiger partial charge in [0.1, 0.15) is 0 Å². The van der Waals surface area contributed by atoms with E-state index in [1.54, 1.807) is 0 Å². The van der Waals surface area contributed by atoms with Crippen molar-refractivity contribution in [3.05, 3.63) is 29.3 Å². The largest absolute Gasteiger partial charge is 0.394 e. The molecule has 5 heteroatoms. The van der Waals surface area contributed by atoms with Gasteiger partial charge in [0, 0.05) is 12.2 Å². The summed E-state index contributed by atoms with van der Waals surface area (Å²) < 4.78 is 5.06. The molecule has 0 aromatic heterocycles. The molecule has 0 saturated carbocycles. The number of amides is 2. The van der Waals surface area contributed by atoms with Gasteiger partial charge >= 0.3 is 6.03 Å². The van der Waals surface area contributed by atoms with Crippen LogP contribution in [0.4, 0.5) is 10.5 Å². The summed E-state index contributed by atoms with van der Waals surface area (Å²) in [4.78, 5) is 11.7. The lowest BCUT2D eigenvalue weighted by Gasteiger charge is -2.11. The molecule has 1 aromatic carbocycles. The first-order valence-corrected chi connectivity index (χ1v) is 7.06. The lowest BCUT2D eigenvalue weighted by Crippen LogP contribution is -2.31. The van der Waals surface area contributed by atoms with Crippen molar-refractivity contribution in [3.63, 3.8) is 0 Å². The lowest BCUT2D eigenvalue weighted by atomic mass is 10.0. The van der Waals surface area contributed by atoms with Gasteiger partial charge in [0.15, 0.2) is 0 Å². The van der Waals surface area contributed by atoms with Gasteiger partial charge in [0.05, 0.1) is 19.8 Å². The Kier molecular flexibility index (Phi) is 7.69. The number of benzene rings is 1. The van der Waals surface area contributed by atoms with E-state index in [-0.39, 0.29) is 12.6 Å². The van der Waals surface area contributed by atoms with Crippen LogP contribution in [0.3, 0.4) is 0 Å². The number of aliphatic hydroxyl groups is 1. The van der Waals surface area contributed by atoms with Crippen LogP contribution in [0.2, 0.25) is 0 Å². The van der Waals surface area contributed by atoms with E-state index in [2.05, 4.69) is 30.5 Å². The van der Waals surface area contributed by atoms with E-state index >= 15 is 0 Å². The molecule has 1 aromatic rings. The fourth-order valence-corrected chi connectivity index (χ4v) is 1.96. The molecule has 0 aliphatic rings. The molecule has 0 atom stereocenters. The Hall–Kier alpha value is -1.59. The molecule has 0 heterocycles. The highest BCUT2D eigenvalue weighted by atomic mass is 16.5. The van der Waals surface area contributed by atoms with E-state index < -0.39 is 0 Å². The molecule has 20 heavy (non-hydrogen) atoms. The van der Waals surface area contributed by atoms with Crippen LogP contribution in [0, 0.1) is 0 Å². The Balaban J connectivity index is 2.41. The van der Waals surface area contributed by atoms with Crippen molar-refractivity contribution < 1.29 is 14.6 Å². The summed E-state index contributed by atoms with van der Waals surface area (Å²) in [6.07, 6.45) is 1.95. The Morgan fingerprint density at radius 2 is 1.95 bits per heavy atom. The minimum atomic E-state index is -0.246. The van der Waals surface area contributed by atoms with E-state index in [0.717, 1.165) is 18.5 Å². The van der Waals surface area contributed by atoms with Gasteiger partial charge in [-0.3, -0.25) is 0 Å². The lowest BCUT2D eigenvalue weighted by molar-refractivity contribution is 0.0950. The van der Waals surface area contributed by atoms with Crippen molar-refractivity contribution in [1.29, 1.82) is 0 Å². The number of hydrogen-bond acceptors (Lipinski definition) is 3. The number of carbonyl (C=O) groups excluding carboxylic acids is 1. The second-order valence-corrected chi connectivity index (χ2v) is 4.41. The van der Waals surface area contributed by atoms with E-state index in [1.807, 2.05) is 12.1 Å². The van der Waals surface area contributed by atoms with Gasteiger partial charge in [-0.25, -0.2) is 4.79 Å². The standard InChI is InChI=1S/C15H24N2O3/c1-3-12-5-6-14(11-13(12)4-2)17-15(19)16-7-9-20-10-8-18/h5-6,11,18H,3-4,7-10H2,1-2H3,(H2,16,17,19). The molecule has 0 radical (unpaired) electrons. The van der Waals surface area contributed by atoms with Crippen LogP contribution < -0.4 is 10.6 Å². The summed E-state index contributed by atoms with van der Waals surface area (Å²) in [6, 6.07) is 5.74. The number of nitrogens with one attached hydrogen (secondary N) is 2. The van der Waals surface area contributed by atoms with Crippen molar-refractivity contribution in [3.8, 4) is 0 Å². The quantitative estimate of drug-likeness (QED) is 0.637. The average molecular weight is 280 g/mol. The third kappa shape index (κ3) is 5.59. The number of hydrogen-bond donors (Lipinski definition) is 3. The van der Waals surface area contributed by atoms with Gasteiger partial charge in [0.2, 0.25) is 0 Å².